The summed E-state index contributed by atoms with van der Waals surface area (Å²) < 4.78 is 32.0. The normalized spacial score (nSPS) is 34.0. The van der Waals surface area contributed by atoms with Gasteiger partial charge >= 0.3 is 0 Å². The molecule has 0 atom stereocenters. The van der Waals surface area contributed by atoms with E-state index in [2.05, 4.69) is 10.2 Å². The smallest absolute Gasteiger partial charge is 0.132 e. The molecule has 1 aromatic heterocycles. The van der Waals surface area contributed by atoms with Gasteiger partial charge in [-0.25, -0.2) is 0 Å². The van der Waals surface area contributed by atoms with Crippen molar-refractivity contribution in [2.45, 2.75) is 32.1 Å². The molecule has 0 fully saturated rings. The minimum atomic E-state index is -1.72. The maximum absolute atomic E-state index is 7.73. The standard InChI is InChI=1S/C7H11N3/c1-2-4-7-9-8-6-10(7)5-3-1/h6H,1-5H2/i1D2,5D2. The first kappa shape index (κ1) is 3.03. The maximum Gasteiger partial charge on any atom is 0.132 e. The molecule has 10 heavy (non-hydrogen) atoms. The van der Waals surface area contributed by atoms with Crippen LogP contribution < -0.4 is 0 Å². The number of hydrogen-bond donors (Lipinski definition) is 0. The molecule has 0 aromatic carbocycles. The highest BCUT2D eigenvalue weighted by Crippen LogP contribution is 2.10. The van der Waals surface area contributed by atoms with E-state index in [-0.39, 0.29) is 6.42 Å². The van der Waals surface area contributed by atoms with E-state index in [0.29, 0.717) is 18.7 Å². The topological polar surface area (TPSA) is 30.7 Å². The number of nitrogens with zero attached hydrogens (tertiary/aromatic N) is 3. The SMILES string of the molecule is [2H]C1([2H])CCc2nncn2C([2H])([2H])C1. The monoisotopic (exact) mass is 141 g/mol. The molecule has 0 amide bonds. The van der Waals surface area contributed by atoms with Crippen LogP contribution >= 0.6 is 0 Å². The van der Waals surface area contributed by atoms with Crippen LogP contribution in [0.25, 0.3) is 0 Å². The number of aromatic nitrogens is 3. The molecule has 0 radical (unpaired) electrons. The number of rotatable bonds is 0. The van der Waals surface area contributed by atoms with Gasteiger partial charge in [0.25, 0.3) is 0 Å². The van der Waals surface area contributed by atoms with E-state index in [1.165, 1.54) is 10.9 Å². The Morgan fingerprint density at radius 2 is 2.60 bits per heavy atom. The number of hydrogen-bond acceptors (Lipinski definition) is 2. The van der Waals surface area contributed by atoms with E-state index < -0.39 is 12.9 Å². The molecule has 3 heteroatoms. The maximum atomic E-state index is 7.73. The Labute approximate surface area is 65.7 Å². The molecule has 0 bridgehead atoms. The summed E-state index contributed by atoms with van der Waals surface area (Å²) in [6.45, 7) is -1.72. The Morgan fingerprint density at radius 3 is 3.60 bits per heavy atom. The Hall–Kier alpha value is -0.860. The van der Waals surface area contributed by atoms with Crippen molar-refractivity contribution >= 4 is 0 Å². The molecule has 2 heterocycles. The van der Waals surface area contributed by atoms with Gasteiger partial charge in [-0.05, 0) is 12.8 Å². The van der Waals surface area contributed by atoms with Crippen molar-refractivity contribution < 1.29 is 5.48 Å². The fraction of sp³-hybridized carbons (Fsp3) is 0.714. The molecule has 1 aromatic rings. The summed E-state index contributed by atoms with van der Waals surface area (Å²) in [6.07, 6.45) is 0.448. The van der Waals surface area contributed by atoms with Gasteiger partial charge in [0.05, 0.1) is 0 Å². The molecule has 0 saturated carbocycles. The number of aryl methyl sites for hydroxylation is 2. The summed E-state index contributed by atoms with van der Waals surface area (Å²) in [7, 11) is 0. The van der Waals surface area contributed by atoms with Crippen molar-refractivity contribution in [2.75, 3.05) is 0 Å². The highest BCUT2D eigenvalue weighted by Gasteiger charge is 2.06. The predicted octanol–water partition coefficient (Wildman–Crippen LogP) is 1.00. The van der Waals surface area contributed by atoms with Gasteiger partial charge in [0, 0.05) is 18.4 Å². The van der Waals surface area contributed by atoms with Crippen LogP contribution in [0.5, 0.6) is 0 Å². The first-order valence-corrected chi connectivity index (χ1v) is 3.30. The van der Waals surface area contributed by atoms with Gasteiger partial charge in [-0.1, -0.05) is 6.37 Å². The van der Waals surface area contributed by atoms with E-state index >= 15 is 0 Å². The lowest BCUT2D eigenvalue weighted by Gasteiger charge is -1.97. The largest absolute Gasteiger partial charge is 0.318 e. The zero-order valence-corrected chi connectivity index (χ0v) is 5.54. The van der Waals surface area contributed by atoms with Gasteiger partial charge < -0.3 is 4.57 Å². The van der Waals surface area contributed by atoms with E-state index in [9.17, 15) is 0 Å². The summed E-state index contributed by atoms with van der Waals surface area (Å²) in [5.74, 6) is 0.524. The van der Waals surface area contributed by atoms with Crippen molar-refractivity contribution in [2.24, 2.45) is 0 Å². The molecule has 0 unspecified atom stereocenters. The third-order valence-corrected chi connectivity index (χ3v) is 1.52. The molecule has 0 saturated heterocycles. The summed E-state index contributed by atoms with van der Waals surface area (Å²) in [5.41, 5.74) is 0. The second-order valence-electron chi connectivity index (χ2n) is 2.20. The first-order valence-electron chi connectivity index (χ1n) is 5.30. The Bertz CT molecular complexity index is 346. The zero-order chi connectivity index (χ0) is 10.4. The lowest BCUT2D eigenvalue weighted by Crippen LogP contribution is -1.98. The van der Waals surface area contributed by atoms with Crippen LogP contribution in [0.2, 0.25) is 0 Å². The van der Waals surface area contributed by atoms with Crippen LogP contribution in [0.1, 0.15) is 30.5 Å². The quantitative estimate of drug-likeness (QED) is 0.539. The van der Waals surface area contributed by atoms with Crippen LogP contribution in [0.4, 0.5) is 0 Å². The molecule has 0 aliphatic carbocycles. The van der Waals surface area contributed by atoms with Crippen molar-refractivity contribution in [3.8, 4) is 0 Å². The lowest BCUT2D eigenvalue weighted by atomic mass is 10.2. The zero-order valence-electron chi connectivity index (χ0n) is 9.54. The predicted molar refractivity (Wildman–Crippen MR) is 37.6 cm³/mol. The van der Waals surface area contributed by atoms with Crippen LogP contribution in [0.3, 0.4) is 0 Å². The van der Waals surface area contributed by atoms with E-state index in [1.807, 2.05) is 0 Å². The molecule has 2 rings (SSSR count). The molecule has 0 spiro atoms. The first-order chi connectivity index (χ1) is 6.41. The van der Waals surface area contributed by atoms with Gasteiger partial charge in [0.2, 0.25) is 0 Å². The molecule has 0 N–H and O–H groups in total. The fourth-order valence-electron chi connectivity index (χ4n) is 0.991. The van der Waals surface area contributed by atoms with Gasteiger partial charge in [-0.2, -0.15) is 0 Å². The van der Waals surface area contributed by atoms with Crippen LogP contribution in [0.15, 0.2) is 6.33 Å². The Kier molecular flexibility index (Phi) is 0.728. The summed E-state index contributed by atoms with van der Waals surface area (Å²) in [5, 5.41) is 7.42. The van der Waals surface area contributed by atoms with Crippen LogP contribution in [0, 0.1) is 0 Å². The lowest BCUT2D eigenvalue weighted by molar-refractivity contribution is 0.632. The van der Waals surface area contributed by atoms with Crippen LogP contribution in [-0.4, -0.2) is 14.8 Å². The van der Waals surface area contributed by atoms with Gasteiger partial charge in [-0.15, -0.1) is 10.2 Å². The molecule has 1 aliphatic rings. The molecule has 1 aliphatic heterocycles. The molecular formula is C7H11N3. The van der Waals surface area contributed by atoms with E-state index in [4.69, 9.17) is 5.48 Å². The summed E-state index contributed by atoms with van der Waals surface area (Å²) in [6, 6.07) is 0. The molecule has 3 nitrogen and oxygen atoms in total. The Morgan fingerprint density at radius 1 is 1.60 bits per heavy atom. The highest BCUT2D eigenvalue weighted by atomic mass is 15.3. The summed E-state index contributed by atoms with van der Waals surface area (Å²) >= 11 is 0. The third kappa shape index (κ3) is 0.916. The minimum Gasteiger partial charge on any atom is -0.318 e. The van der Waals surface area contributed by atoms with Gasteiger partial charge in [-0.3, -0.25) is 0 Å². The van der Waals surface area contributed by atoms with Crippen molar-refractivity contribution in [1.29, 1.82) is 0 Å². The average Bonchev–Trinajstić information content (AvgIpc) is 2.43. The van der Waals surface area contributed by atoms with Crippen molar-refractivity contribution in [3.05, 3.63) is 12.2 Å². The third-order valence-electron chi connectivity index (χ3n) is 1.52. The van der Waals surface area contributed by atoms with E-state index in [1.54, 1.807) is 0 Å². The number of fused-ring (bicyclic) bond motifs is 1. The molecule has 54 valence electrons. The van der Waals surface area contributed by atoms with Gasteiger partial charge in [0.15, 0.2) is 0 Å². The van der Waals surface area contributed by atoms with Crippen molar-refractivity contribution in [1.82, 2.24) is 14.8 Å². The fourth-order valence-corrected chi connectivity index (χ4v) is 0.991. The molecular weight excluding hydrogens is 126 g/mol. The minimum absolute atomic E-state index is 0.148. The van der Waals surface area contributed by atoms with E-state index in [0.717, 1.165) is 0 Å². The second kappa shape index (κ2) is 2.40. The average molecular weight is 141 g/mol. The highest BCUT2D eigenvalue weighted by molar-refractivity contribution is 4.87. The van der Waals surface area contributed by atoms with Crippen LogP contribution in [-0.2, 0) is 12.9 Å². The Balaban J connectivity index is 2.42. The summed E-state index contributed by atoms with van der Waals surface area (Å²) in [4.78, 5) is 0. The second-order valence-corrected chi connectivity index (χ2v) is 2.20. The van der Waals surface area contributed by atoms with Gasteiger partial charge in [0.1, 0.15) is 12.2 Å². The van der Waals surface area contributed by atoms with Crippen molar-refractivity contribution in [3.63, 3.8) is 0 Å².